The predicted octanol–water partition coefficient (Wildman–Crippen LogP) is 2.30. The van der Waals surface area contributed by atoms with Crippen LogP contribution in [0.5, 0.6) is 0 Å². The Morgan fingerprint density at radius 3 is 2.77 bits per heavy atom. The highest BCUT2D eigenvalue weighted by Crippen LogP contribution is 2.37. The summed E-state index contributed by atoms with van der Waals surface area (Å²) in [6.45, 7) is 2.99. The van der Waals surface area contributed by atoms with Crippen LogP contribution in [0.4, 0.5) is 0 Å². The molecule has 0 N–H and O–H groups in total. The zero-order valence-corrected chi connectivity index (χ0v) is 8.59. The lowest BCUT2D eigenvalue weighted by atomic mass is 9.82. The minimum atomic E-state index is 0.492. The lowest BCUT2D eigenvalue weighted by Gasteiger charge is -2.26. The molecule has 1 fully saturated rings. The number of rotatable bonds is 3. The number of nitrogens with zero attached hydrogens (tertiary/aromatic N) is 3. The Morgan fingerprint density at radius 1 is 1.54 bits per heavy atom. The van der Waals surface area contributed by atoms with Crippen molar-refractivity contribution in [2.24, 2.45) is 0 Å². The van der Waals surface area contributed by atoms with E-state index in [0.717, 1.165) is 12.2 Å². The van der Waals surface area contributed by atoms with E-state index in [1.165, 1.54) is 25.0 Å². The minimum Gasteiger partial charge on any atom is -0.249 e. The molecule has 72 valence electrons. The number of halogens is 1. The lowest BCUT2D eigenvalue weighted by Crippen LogP contribution is -2.16. The summed E-state index contributed by atoms with van der Waals surface area (Å²) in [4.78, 5) is 0. The van der Waals surface area contributed by atoms with Gasteiger partial charge in [0.05, 0.1) is 11.6 Å². The number of aromatic nitrogens is 3. The second kappa shape index (κ2) is 3.66. The maximum absolute atomic E-state index is 5.81. The summed E-state index contributed by atoms with van der Waals surface area (Å²) in [5.41, 5.74) is 2.26. The number of aryl methyl sites for hydroxylation is 1. The first kappa shape index (κ1) is 9.00. The Labute approximate surface area is 83.1 Å². The van der Waals surface area contributed by atoms with Crippen LogP contribution in [-0.2, 0) is 12.4 Å². The zero-order valence-electron chi connectivity index (χ0n) is 7.83. The summed E-state index contributed by atoms with van der Waals surface area (Å²) in [7, 11) is 0. The van der Waals surface area contributed by atoms with E-state index in [1.807, 2.05) is 4.68 Å². The molecule has 1 aromatic rings. The standard InChI is InChI=1S/C9H14ClN3/c1-2-13-9(7-4-3-5-7)8(6-10)11-12-13/h7H,2-6H2,1H3. The minimum absolute atomic E-state index is 0.492. The monoisotopic (exact) mass is 199 g/mol. The molecule has 13 heavy (non-hydrogen) atoms. The van der Waals surface area contributed by atoms with Crippen LogP contribution in [0, 0.1) is 0 Å². The van der Waals surface area contributed by atoms with Crippen molar-refractivity contribution in [2.45, 2.75) is 44.5 Å². The van der Waals surface area contributed by atoms with Crippen molar-refractivity contribution in [3.63, 3.8) is 0 Å². The first-order chi connectivity index (χ1) is 6.36. The summed E-state index contributed by atoms with van der Waals surface area (Å²) in [6.07, 6.45) is 3.88. The van der Waals surface area contributed by atoms with Crippen LogP contribution in [0.2, 0.25) is 0 Å². The number of alkyl halides is 1. The van der Waals surface area contributed by atoms with Gasteiger partial charge in [0.2, 0.25) is 0 Å². The van der Waals surface area contributed by atoms with Crippen molar-refractivity contribution in [3.8, 4) is 0 Å². The second-order valence-corrected chi connectivity index (χ2v) is 3.77. The van der Waals surface area contributed by atoms with Crippen molar-refractivity contribution in [1.82, 2.24) is 15.0 Å². The molecule has 0 bridgehead atoms. The Balaban J connectivity index is 2.31. The smallest absolute Gasteiger partial charge is 0.101 e. The van der Waals surface area contributed by atoms with Crippen molar-refractivity contribution in [3.05, 3.63) is 11.4 Å². The van der Waals surface area contributed by atoms with Crippen molar-refractivity contribution >= 4 is 11.6 Å². The highest BCUT2D eigenvalue weighted by Gasteiger charge is 2.26. The third-order valence-electron chi connectivity index (χ3n) is 2.77. The Hall–Kier alpha value is -0.570. The van der Waals surface area contributed by atoms with E-state index in [1.54, 1.807) is 0 Å². The Morgan fingerprint density at radius 2 is 2.31 bits per heavy atom. The summed E-state index contributed by atoms with van der Waals surface area (Å²) < 4.78 is 1.99. The average Bonchev–Trinajstić information content (AvgIpc) is 2.45. The highest BCUT2D eigenvalue weighted by molar-refractivity contribution is 6.16. The first-order valence-electron chi connectivity index (χ1n) is 4.85. The van der Waals surface area contributed by atoms with Crippen molar-refractivity contribution in [2.75, 3.05) is 0 Å². The van der Waals surface area contributed by atoms with Gasteiger partial charge < -0.3 is 0 Å². The van der Waals surface area contributed by atoms with Crippen LogP contribution in [0.15, 0.2) is 0 Å². The van der Waals surface area contributed by atoms with Gasteiger partial charge in [-0.1, -0.05) is 11.6 Å². The molecule has 0 radical (unpaired) electrons. The van der Waals surface area contributed by atoms with E-state index >= 15 is 0 Å². The fraction of sp³-hybridized carbons (Fsp3) is 0.778. The SMILES string of the molecule is CCn1nnc(CCl)c1C1CCC1. The molecule has 1 heterocycles. The molecule has 0 atom stereocenters. The van der Waals surface area contributed by atoms with Crippen LogP contribution in [0.25, 0.3) is 0 Å². The lowest BCUT2D eigenvalue weighted by molar-refractivity contribution is 0.388. The van der Waals surface area contributed by atoms with Gasteiger partial charge >= 0.3 is 0 Å². The molecular formula is C9H14ClN3. The van der Waals surface area contributed by atoms with E-state index in [9.17, 15) is 0 Å². The summed E-state index contributed by atoms with van der Waals surface area (Å²) in [5, 5.41) is 8.18. The van der Waals surface area contributed by atoms with E-state index in [2.05, 4.69) is 17.2 Å². The van der Waals surface area contributed by atoms with Crippen molar-refractivity contribution in [1.29, 1.82) is 0 Å². The third kappa shape index (κ3) is 1.46. The number of hydrogen-bond donors (Lipinski definition) is 0. The molecule has 0 unspecified atom stereocenters. The Kier molecular flexibility index (Phi) is 2.54. The molecule has 0 saturated heterocycles. The second-order valence-electron chi connectivity index (χ2n) is 3.50. The predicted molar refractivity (Wildman–Crippen MR) is 51.8 cm³/mol. The first-order valence-corrected chi connectivity index (χ1v) is 5.38. The molecular weight excluding hydrogens is 186 g/mol. The van der Waals surface area contributed by atoms with E-state index in [-0.39, 0.29) is 0 Å². The molecule has 2 rings (SSSR count). The maximum Gasteiger partial charge on any atom is 0.101 e. The van der Waals surface area contributed by atoms with Gasteiger partial charge in [0, 0.05) is 12.5 Å². The van der Waals surface area contributed by atoms with Gasteiger partial charge in [0.1, 0.15) is 5.69 Å². The van der Waals surface area contributed by atoms with Gasteiger partial charge in [-0.3, -0.25) is 0 Å². The topological polar surface area (TPSA) is 30.7 Å². The van der Waals surface area contributed by atoms with Crippen LogP contribution < -0.4 is 0 Å². The van der Waals surface area contributed by atoms with E-state index in [4.69, 9.17) is 11.6 Å². The summed E-state index contributed by atoms with van der Waals surface area (Å²) in [5.74, 6) is 1.16. The quantitative estimate of drug-likeness (QED) is 0.700. The van der Waals surface area contributed by atoms with E-state index < -0.39 is 0 Å². The van der Waals surface area contributed by atoms with Crippen molar-refractivity contribution < 1.29 is 0 Å². The molecule has 1 saturated carbocycles. The average molecular weight is 200 g/mol. The summed E-state index contributed by atoms with van der Waals surface area (Å²) >= 11 is 5.81. The molecule has 0 amide bonds. The van der Waals surface area contributed by atoms with Crippen LogP contribution >= 0.6 is 11.6 Å². The molecule has 1 aliphatic rings. The molecule has 1 aromatic heterocycles. The van der Waals surface area contributed by atoms with Crippen LogP contribution in [-0.4, -0.2) is 15.0 Å². The fourth-order valence-electron chi connectivity index (χ4n) is 1.81. The van der Waals surface area contributed by atoms with Gasteiger partial charge in [-0.2, -0.15) is 0 Å². The third-order valence-corrected chi connectivity index (χ3v) is 3.02. The highest BCUT2D eigenvalue weighted by atomic mass is 35.5. The van der Waals surface area contributed by atoms with Gasteiger partial charge in [-0.05, 0) is 19.8 Å². The van der Waals surface area contributed by atoms with Crippen LogP contribution in [0.1, 0.15) is 43.5 Å². The molecule has 0 aromatic carbocycles. The normalized spacial score (nSPS) is 17.4. The Bertz CT molecular complexity index is 270. The molecule has 0 spiro atoms. The molecule has 4 heteroatoms. The fourth-order valence-corrected chi connectivity index (χ4v) is 2.00. The maximum atomic E-state index is 5.81. The van der Waals surface area contributed by atoms with Gasteiger partial charge in [-0.25, -0.2) is 4.68 Å². The zero-order chi connectivity index (χ0) is 9.26. The van der Waals surface area contributed by atoms with Gasteiger partial charge in [0.15, 0.2) is 0 Å². The molecule has 0 aliphatic heterocycles. The number of hydrogen-bond acceptors (Lipinski definition) is 2. The summed E-state index contributed by atoms with van der Waals surface area (Å²) in [6, 6.07) is 0. The van der Waals surface area contributed by atoms with E-state index in [0.29, 0.717) is 11.8 Å². The molecule has 3 nitrogen and oxygen atoms in total. The molecule has 1 aliphatic carbocycles. The van der Waals surface area contributed by atoms with Gasteiger partial charge in [-0.15, -0.1) is 16.7 Å². The van der Waals surface area contributed by atoms with Crippen LogP contribution in [0.3, 0.4) is 0 Å². The van der Waals surface area contributed by atoms with Gasteiger partial charge in [0.25, 0.3) is 0 Å². The largest absolute Gasteiger partial charge is 0.249 e.